The second-order valence-corrected chi connectivity index (χ2v) is 3.72. The molecule has 1 atom stereocenters. The van der Waals surface area contributed by atoms with E-state index in [4.69, 9.17) is 4.74 Å². The van der Waals surface area contributed by atoms with E-state index in [1.807, 2.05) is 25.1 Å². The number of pyridine rings is 1. The molecule has 1 aliphatic heterocycles. The summed E-state index contributed by atoms with van der Waals surface area (Å²) in [6.07, 6.45) is 2.32. The lowest BCUT2D eigenvalue weighted by Crippen LogP contribution is -2.30. The van der Waals surface area contributed by atoms with Crippen molar-refractivity contribution in [1.82, 2.24) is 4.98 Å². The number of aromatic nitrogens is 1. The molecule has 76 valence electrons. The number of rotatable bonds is 2. The smallest absolute Gasteiger partial charge is 0.126 e. The number of nitrogens with one attached hydrogen (secondary N) is 1. The summed E-state index contributed by atoms with van der Waals surface area (Å²) < 4.78 is 5.39. The van der Waals surface area contributed by atoms with Gasteiger partial charge in [0.2, 0.25) is 0 Å². The van der Waals surface area contributed by atoms with Gasteiger partial charge in [0.25, 0.3) is 0 Å². The molecule has 14 heavy (non-hydrogen) atoms. The van der Waals surface area contributed by atoms with Crippen LogP contribution in [0.25, 0.3) is 0 Å². The fourth-order valence-corrected chi connectivity index (χ4v) is 1.69. The van der Waals surface area contributed by atoms with Crippen LogP contribution in [0.2, 0.25) is 0 Å². The zero-order valence-electron chi connectivity index (χ0n) is 8.49. The molecule has 0 saturated carbocycles. The molecule has 3 heteroatoms. The maximum atomic E-state index is 5.39. The first-order valence-electron chi connectivity index (χ1n) is 5.12. The number of hydrogen-bond acceptors (Lipinski definition) is 3. The van der Waals surface area contributed by atoms with Gasteiger partial charge in [-0.05, 0) is 31.9 Å². The molecular formula is C11H16N2O. The van der Waals surface area contributed by atoms with Crippen molar-refractivity contribution < 1.29 is 4.74 Å². The molecule has 2 rings (SSSR count). The summed E-state index contributed by atoms with van der Waals surface area (Å²) in [5.41, 5.74) is 1.05. The van der Waals surface area contributed by atoms with Crippen LogP contribution < -0.4 is 5.32 Å². The number of aryl methyl sites for hydroxylation is 1. The Morgan fingerprint density at radius 2 is 2.43 bits per heavy atom. The minimum Gasteiger partial charge on any atom is -0.379 e. The lowest BCUT2D eigenvalue weighted by Gasteiger charge is -2.23. The van der Waals surface area contributed by atoms with E-state index < -0.39 is 0 Å². The Labute approximate surface area is 84.5 Å². The average molecular weight is 192 g/mol. The standard InChI is InChI=1S/C11H16N2O/c1-9-4-2-6-11(12-9)13-10-5-3-7-14-8-10/h2,4,6,10H,3,5,7-8H2,1H3,(H,12,13). The highest BCUT2D eigenvalue weighted by Crippen LogP contribution is 2.12. The van der Waals surface area contributed by atoms with Gasteiger partial charge in [-0.2, -0.15) is 0 Å². The van der Waals surface area contributed by atoms with Crippen molar-refractivity contribution in [3.8, 4) is 0 Å². The van der Waals surface area contributed by atoms with E-state index in [2.05, 4.69) is 10.3 Å². The predicted octanol–water partition coefficient (Wildman–Crippen LogP) is 1.98. The van der Waals surface area contributed by atoms with E-state index in [9.17, 15) is 0 Å². The molecule has 1 N–H and O–H groups in total. The summed E-state index contributed by atoms with van der Waals surface area (Å²) in [5.74, 6) is 0.959. The van der Waals surface area contributed by atoms with Crippen molar-refractivity contribution in [3.05, 3.63) is 23.9 Å². The Kier molecular flexibility index (Phi) is 2.99. The van der Waals surface area contributed by atoms with E-state index in [1.54, 1.807) is 0 Å². The summed E-state index contributed by atoms with van der Waals surface area (Å²) in [6.45, 7) is 3.71. The summed E-state index contributed by atoms with van der Waals surface area (Å²) in [6, 6.07) is 6.46. The lowest BCUT2D eigenvalue weighted by molar-refractivity contribution is 0.0875. The highest BCUT2D eigenvalue weighted by atomic mass is 16.5. The molecule has 0 aromatic carbocycles. The highest BCUT2D eigenvalue weighted by Gasteiger charge is 2.13. The summed E-state index contributed by atoms with van der Waals surface area (Å²) in [5, 5.41) is 3.39. The van der Waals surface area contributed by atoms with Crippen LogP contribution in [-0.4, -0.2) is 24.2 Å². The first-order valence-corrected chi connectivity index (χ1v) is 5.12. The fraction of sp³-hybridized carbons (Fsp3) is 0.545. The molecule has 0 bridgehead atoms. The minimum absolute atomic E-state index is 0.429. The van der Waals surface area contributed by atoms with Crippen LogP contribution in [0.5, 0.6) is 0 Å². The number of nitrogens with zero attached hydrogens (tertiary/aromatic N) is 1. The quantitative estimate of drug-likeness (QED) is 0.778. The van der Waals surface area contributed by atoms with E-state index in [0.29, 0.717) is 6.04 Å². The normalized spacial score (nSPS) is 21.9. The van der Waals surface area contributed by atoms with Gasteiger partial charge in [-0.15, -0.1) is 0 Å². The fourth-order valence-electron chi connectivity index (χ4n) is 1.69. The van der Waals surface area contributed by atoms with Gasteiger partial charge in [-0.1, -0.05) is 6.07 Å². The van der Waals surface area contributed by atoms with Crippen molar-refractivity contribution in [3.63, 3.8) is 0 Å². The summed E-state index contributed by atoms with van der Waals surface area (Å²) in [7, 11) is 0. The second kappa shape index (κ2) is 4.42. The largest absolute Gasteiger partial charge is 0.379 e. The number of ether oxygens (including phenoxy) is 1. The molecule has 1 aliphatic rings. The molecule has 0 aliphatic carbocycles. The van der Waals surface area contributed by atoms with Crippen LogP contribution in [0.15, 0.2) is 18.2 Å². The third-order valence-electron chi connectivity index (χ3n) is 2.40. The predicted molar refractivity (Wildman–Crippen MR) is 56.4 cm³/mol. The molecule has 1 saturated heterocycles. The van der Waals surface area contributed by atoms with Gasteiger partial charge in [0.1, 0.15) is 5.82 Å². The van der Waals surface area contributed by atoms with Crippen molar-refractivity contribution in [1.29, 1.82) is 0 Å². The van der Waals surface area contributed by atoms with Gasteiger partial charge in [0.15, 0.2) is 0 Å². The maximum Gasteiger partial charge on any atom is 0.126 e. The first kappa shape index (κ1) is 9.46. The molecule has 3 nitrogen and oxygen atoms in total. The molecule has 1 fully saturated rings. The average Bonchev–Trinajstić information content (AvgIpc) is 2.19. The summed E-state index contributed by atoms with van der Waals surface area (Å²) in [4.78, 5) is 4.40. The zero-order valence-corrected chi connectivity index (χ0v) is 8.49. The highest BCUT2D eigenvalue weighted by molar-refractivity contribution is 5.36. The van der Waals surface area contributed by atoms with Crippen LogP contribution in [0.1, 0.15) is 18.5 Å². The van der Waals surface area contributed by atoms with Crippen LogP contribution in [0.3, 0.4) is 0 Å². The van der Waals surface area contributed by atoms with Gasteiger partial charge in [0.05, 0.1) is 12.6 Å². The first-order chi connectivity index (χ1) is 6.84. The van der Waals surface area contributed by atoms with Crippen LogP contribution in [-0.2, 0) is 4.74 Å². The SMILES string of the molecule is Cc1cccc(NC2CCCOC2)n1. The Morgan fingerprint density at radius 3 is 3.14 bits per heavy atom. The lowest BCUT2D eigenvalue weighted by atomic mass is 10.1. The van der Waals surface area contributed by atoms with Crippen molar-refractivity contribution in [2.24, 2.45) is 0 Å². The molecule has 2 heterocycles. The minimum atomic E-state index is 0.429. The zero-order chi connectivity index (χ0) is 9.80. The van der Waals surface area contributed by atoms with Gasteiger partial charge in [-0.3, -0.25) is 0 Å². The molecule has 1 unspecified atom stereocenters. The van der Waals surface area contributed by atoms with Crippen molar-refractivity contribution in [2.45, 2.75) is 25.8 Å². The molecule has 0 spiro atoms. The monoisotopic (exact) mass is 192 g/mol. The van der Waals surface area contributed by atoms with Gasteiger partial charge < -0.3 is 10.1 Å². The molecule has 1 aromatic rings. The van der Waals surface area contributed by atoms with E-state index in [1.165, 1.54) is 6.42 Å². The Bertz CT molecular complexity index is 295. The molecule has 1 aromatic heterocycles. The maximum absolute atomic E-state index is 5.39. The molecule has 0 radical (unpaired) electrons. The third-order valence-corrected chi connectivity index (χ3v) is 2.40. The van der Waals surface area contributed by atoms with Crippen LogP contribution in [0.4, 0.5) is 5.82 Å². The van der Waals surface area contributed by atoms with Crippen molar-refractivity contribution >= 4 is 5.82 Å². The third kappa shape index (κ3) is 2.45. The van der Waals surface area contributed by atoms with E-state index >= 15 is 0 Å². The number of anilines is 1. The van der Waals surface area contributed by atoms with E-state index in [-0.39, 0.29) is 0 Å². The topological polar surface area (TPSA) is 34.1 Å². The van der Waals surface area contributed by atoms with Crippen LogP contribution >= 0.6 is 0 Å². The Morgan fingerprint density at radius 1 is 1.50 bits per heavy atom. The van der Waals surface area contributed by atoms with Crippen LogP contribution in [0, 0.1) is 6.92 Å². The Balaban J connectivity index is 1.95. The Hall–Kier alpha value is -1.09. The molecular weight excluding hydrogens is 176 g/mol. The van der Waals surface area contributed by atoms with Crippen molar-refractivity contribution in [2.75, 3.05) is 18.5 Å². The van der Waals surface area contributed by atoms with Gasteiger partial charge in [0, 0.05) is 12.3 Å². The second-order valence-electron chi connectivity index (χ2n) is 3.72. The van der Waals surface area contributed by atoms with Gasteiger partial charge in [-0.25, -0.2) is 4.98 Å². The molecule has 0 amide bonds. The van der Waals surface area contributed by atoms with E-state index in [0.717, 1.165) is 31.1 Å². The van der Waals surface area contributed by atoms with Gasteiger partial charge >= 0.3 is 0 Å². The summed E-state index contributed by atoms with van der Waals surface area (Å²) >= 11 is 0. The number of hydrogen-bond donors (Lipinski definition) is 1.